The molecule has 0 bridgehead atoms. The van der Waals surface area contributed by atoms with Crippen molar-refractivity contribution in [3.8, 4) is 5.75 Å². The van der Waals surface area contributed by atoms with Crippen LogP contribution in [-0.4, -0.2) is 52.6 Å². The summed E-state index contributed by atoms with van der Waals surface area (Å²) in [4.78, 5) is 18.0. The summed E-state index contributed by atoms with van der Waals surface area (Å²) in [6.45, 7) is 2.44. The van der Waals surface area contributed by atoms with Crippen molar-refractivity contribution in [1.82, 2.24) is 0 Å². The summed E-state index contributed by atoms with van der Waals surface area (Å²) in [5, 5.41) is 38.4. The minimum absolute atomic E-state index is 0.0853. The third kappa shape index (κ3) is 9.65. The van der Waals surface area contributed by atoms with E-state index in [4.69, 9.17) is 24.5 Å². The van der Waals surface area contributed by atoms with E-state index in [2.05, 4.69) is 0 Å². The van der Waals surface area contributed by atoms with Gasteiger partial charge in [-0.05, 0) is 36.8 Å². The molecule has 0 saturated heterocycles. The molecule has 3 atom stereocenters. The molecule has 0 aromatic heterocycles. The number of carbonyl (C=O) groups excluding carboxylic acids is 1. The van der Waals surface area contributed by atoms with Gasteiger partial charge < -0.3 is 35.3 Å². The Kier molecular flexibility index (Phi) is 10.3. The van der Waals surface area contributed by atoms with Crippen LogP contribution in [0.5, 0.6) is 5.75 Å². The maximum absolute atomic E-state index is 12.8. The lowest BCUT2D eigenvalue weighted by Crippen LogP contribution is -2.92. The maximum atomic E-state index is 12.8. The van der Waals surface area contributed by atoms with Crippen molar-refractivity contribution >= 4 is 11.9 Å². The van der Waals surface area contributed by atoms with Gasteiger partial charge in [0.2, 0.25) is 0 Å². The van der Waals surface area contributed by atoms with E-state index < -0.39 is 24.1 Å². The van der Waals surface area contributed by atoms with Crippen LogP contribution in [0.15, 0.2) is 54.6 Å². The van der Waals surface area contributed by atoms with Gasteiger partial charge >= 0.3 is 5.97 Å². The first kappa shape index (κ1) is 24.0. The van der Waals surface area contributed by atoms with Crippen LogP contribution < -0.4 is 15.2 Å². The van der Waals surface area contributed by atoms with Crippen molar-refractivity contribution in [2.75, 3.05) is 13.2 Å². The number of aliphatic hydroxyl groups excluding tert-OH is 2. The largest absolute Gasteiger partial charge is 0.539 e. The van der Waals surface area contributed by atoms with Crippen molar-refractivity contribution in [1.29, 1.82) is 0 Å². The van der Waals surface area contributed by atoms with Crippen LogP contribution in [0.4, 0.5) is 4.39 Å². The quantitative estimate of drug-likeness (QED) is 0.413. The Morgan fingerprint density at radius 2 is 1.66 bits per heavy atom. The number of carboxylic acids is 2. The number of aliphatic carboxylic acids is 2. The number of ether oxygens (including phenoxy) is 1. The molecule has 2 rings (SSSR count). The smallest absolute Gasteiger partial charge is 0.351 e. The summed E-state index contributed by atoms with van der Waals surface area (Å²) in [5.41, 5.74) is 0.855. The third-order valence-corrected chi connectivity index (χ3v) is 3.85. The Bertz CT molecular complexity index is 743. The molecular formula is C20H24FNO7. The lowest BCUT2D eigenvalue weighted by atomic mass is 10.0. The molecule has 0 aliphatic rings. The fourth-order valence-corrected chi connectivity index (χ4v) is 2.25. The number of hydrogen-bond donors (Lipinski definition) is 4. The van der Waals surface area contributed by atoms with Crippen molar-refractivity contribution in [3.05, 3.63) is 66.0 Å². The first-order valence-corrected chi connectivity index (χ1v) is 8.77. The van der Waals surface area contributed by atoms with Gasteiger partial charge in [0.1, 0.15) is 43.0 Å². The molecule has 0 radical (unpaired) electrons. The highest BCUT2D eigenvalue weighted by Gasteiger charge is 2.20. The number of halogens is 1. The molecule has 0 heterocycles. The average molecular weight is 409 g/mol. The standard InChI is InChI=1S/C18H22FNO3.C2H2O4/c1-13(18(22)14-5-3-2-4-6-14)20-11-16(21)12-23-17-9-7-15(19)8-10-17;3-1(4)2(5)6/h2-10,13,16,18,20-22H,11-12H2,1H3;(H,3,4)(H,5,6). The summed E-state index contributed by atoms with van der Waals surface area (Å²) in [5.74, 6) is -3.82. The highest BCUT2D eigenvalue weighted by atomic mass is 19.1. The molecule has 2 aromatic carbocycles. The van der Waals surface area contributed by atoms with Gasteiger partial charge in [-0.25, -0.2) is 9.18 Å². The van der Waals surface area contributed by atoms with Crippen LogP contribution in [0.1, 0.15) is 18.6 Å². The van der Waals surface area contributed by atoms with Gasteiger partial charge in [0.25, 0.3) is 0 Å². The number of nitrogens with two attached hydrogens (primary N) is 1. The number of carbonyl (C=O) groups is 2. The predicted octanol–water partition coefficient (Wildman–Crippen LogP) is -0.928. The minimum atomic E-state index is -2.07. The van der Waals surface area contributed by atoms with E-state index in [9.17, 15) is 14.6 Å². The number of aliphatic hydroxyl groups is 2. The zero-order chi connectivity index (χ0) is 21.8. The first-order chi connectivity index (χ1) is 13.7. The molecule has 29 heavy (non-hydrogen) atoms. The lowest BCUT2D eigenvalue weighted by molar-refractivity contribution is -0.699. The average Bonchev–Trinajstić information content (AvgIpc) is 2.72. The highest BCUT2D eigenvalue weighted by molar-refractivity contribution is 6.26. The second kappa shape index (κ2) is 12.4. The van der Waals surface area contributed by atoms with Crippen LogP contribution in [0.3, 0.4) is 0 Å². The van der Waals surface area contributed by atoms with Gasteiger partial charge in [-0.3, -0.25) is 0 Å². The SMILES string of the molecule is CC([NH2+]CC(O)COc1ccc(F)cc1)C(O)c1ccccc1.O=C([O-])C(=O)O. The monoisotopic (exact) mass is 409 g/mol. The Labute approximate surface area is 167 Å². The van der Waals surface area contributed by atoms with Crippen LogP contribution in [0.2, 0.25) is 0 Å². The van der Waals surface area contributed by atoms with Gasteiger partial charge in [-0.2, -0.15) is 0 Å². The fraction of sp³-hybridized carbons (Fsp3) is 0.300. The molecule has 8 nitrogen and oxygen atoms in total. The van der Waals surface area contributed by atoms with Crippen molar-refractivity contribution in [3.63, 3.8) is 0 Å². The summed E-state index contributed by atoms with van der Waals surface area (Å²) in [6.07, 6.45) is -1.27. The molecule has 0 spiro atoms. The molecule has 0 aliphatic carbocycles. The van der Waals surface area contributed by atoms with Gasteiger partial charge in [-0.15, -0.1) is 0 Å². The zero-order valence-corrected chi connectivity index (χ0v) is 15.8. The first-order valence-electron chi connectivity index (χ1n) is 8.77. The highest BCUT2D eigenvalue weighted by Crippen LogP contribution is 2.14. The van der Waals surface area contributed by atoms with Crippen molar-refractivity contribution < 1.29 is 44.5 Å². The van der Waals surface area contributed by atoms with E-state index in [1.807, 2.05) is 42.6 Å². The van der Waals surface area contributed by atoms with Gasteiger partial charge in [0.05, 0.1) is 0 Å². The van der Waals surface area contributed by atoms with E-state index in [1.54, 1.807) is 0 Å². The summed E-state index contributed by atoms with van der Waals surface area (Å²) in [6, 6.07) is 15.0. The van der Waals surface area contributed by atoms with E-state index in [-0.39, 0.29) is 18.5 Å². The number of carboxylic acid groups (broad SMARTS) is 2. The fourth-order valence-electron chi connectivity index (χ4n) is 2.25. The second-order valence-corrected chi connectivity index (χ2v) is 6.20. The Balaban J connectivity index is 0.000000612. The Hall–Kier alpha value is -3.01. The zero-order valence-electron chi connectivity index (χ0n) is 15.8. The van der Waals surface area contributed by atoms with Crippen LogP contribution in [0.25, 0.3) is 0 Å². The van der Waals surface area contributed by atoms with E-state index in [1.165, 1.54) is 24.3 Å². The molecule has 5 N–H and O–H groups in total. The Morgan fingerprint density at radius 3 is 2.17 bits per heavy atom. The number of benzene rings is 2. The summed E-state index contributed by atoms with van der Waals surface area (Å²) < 4.78 is 18.2. The van der Waals surface area contributed by atoms with E-state index >= 15 is 0 Å². The molecule has 158 valence electrons. The molecule has 9 heteroatoms. The Morgan fingerprint density at radius 1 is 1.10 bits per heavy atom. The van der Waals surface area contributed by atoms with Crippen LogP contribution >= 0.6 is 0 Å². The van der Waals surface area contributed by atoms with Crippen LogP contribution in [0, 0.1) is 5.82 Å². The molecule has 0 aliphatic heterocycles. The summed E-state index contributed by atoms with van der Waals surface area (Å²) >= 11 is 0. The molecule has 0 fully saturated rings. The predicted molar refractivity (Wildman–Crippen MR) is 98.2 cm³/mol. The molecule has 0 saturated carbocycles. The topological polar surface area (TPSA) is 144 Å². The molecular weight excluding hydrogens is 385 g/mol. The van der Waals surface area contributed by atoms with Crippen molar-refractivity contribution in [2.24, 2.45) is 0 Å². The number of quaternary nitrogens is 1. The number of hydrogen-bond acceptors (Lipinski definition) is 6. The maximum Gasteiger partial charge on any atom is 0.351 e. The summed E-state index contributed by atoms with van der Waals surface area (Å²) in [7, 11) is 0. The minimum Gasteiger partial charge on any atom is -0.539 e. The number of rotatable bonds is 8. The van der Waals surface area contributed by atoms with Gasteiger partial charge in [0, 0.05) is 0 Å². The molecule has 3 unspecified atom stereocenters. The van der Waals surface area contributed by atoms with Gasteiger partial charge in [-0.1, -0.05) is 30.3 Å². The normalized spacial score (nSPS) is 13.4. The second-order valence-electron chi connectivity index (χ2n) is 6.20. The lowest BCUT2D eigenvalue weighted by Gasteiger charge is -2.19. The third-order valence-electron chi connectivity index (χ3n) is 3.85. The molecule has 2 aromatic rings. The van der Waals surface area contributed by atoms with Gasteiger partial charge in [0.15, 0.2) is 5.97 Å². The van der Waals surface area contributed by atoms with E-state index in [0.717, 1.165) is 5.56 Å². The molecule has 0 amide bonds. The van der Waals surface area contributed by atoms with Crippen LogP contribution in [-0.2, 0) is 9.59 Å². The van der Waals surface area contributed by atoms with Crippen molar-refractivity contribution in [2.45, 2.75) is 25.2 Å². The van der Waals surface area contributed by atoms with E-state index in [0.29, 0.717) is 12.3 Å².